The molecule has 2 N–H and O–H groups in total. The van der Waals surface area contributed by atoms with Crippen molar-refractivity contribution in [3.63, 3.8) is 0 Å². The molecule has 0 aromatic carbocycles. The summed E-state index contributed by atoms with van der Waals surface area (Å²) in [5.41, 5.74) is 1.86. The molecule has 0 aliphatic heterocycles. The molecule has 10 heteroatoms. The van der Waals surface area contributed by atoms with Gasteiger partial charge >= 0.3 is 6.09 Å². The van der Waals surface area contributed by atoms with Gasteiger partial charge in [-0.1, -0.05) is 25.8 Å². The number of nitrogens with one attached hydrogen (secondary N) is 2. The van der Waals surface area contributed by atoms with Crippen LogP contribution < -0.4 is 10.6 Å². The predicted molar refractivity (Wildman–Crippen MR) is 143 cm³/mol. The highest BCUT2D eigenvalue weighted by Crippen LogP contribution is 2.35. The molecular formula is C27H37N7O3. The highest BCUT2D eigenvalue weighted by atomic mass is 16.6. The van der Waals surface area contributed by atoms with Crippen molar-refractivity contribution in [2.24, 2.45) is 0 Å². The molecule has 3 aromatic heterocycles. The van der Waals surface area contributed by atoms with E-state index in [-0.39, 0.29) is 17.9 Å². The Labute approximate surface area is 217 Å². The molecule has 1 saturated carbocycles. The minimum atomic E-state index is -0.532. The minimum absolute atomic E-state index is 0.0352. The second-order valence-corrected chi connectivity index (χ2v) is 10.9. The van der Waals surface area contributed by atoms with Crippen molar-refractivity contribution < 1.29 is 14.3 Å². The van der Waals surface area contributed by atoms with Gasteiger partial charge in [-0.05, 0) is 51.3 Å². The summed E-state index contributed by atoms with van der Waals surface area (Å²) in [7, 11) is 3.53. The number of pyridine rings is 1. The zero-order valence-corrected chi connectivity index (χ0v) is 22.5. The lowest BCUT2D eigenvalue weighted by atomic mass is 10.0. The van der Waals surface area contributed by atoms with E-state index in [4.69, 9.17) is 9.72 Å². The Morgan fingerprint density at radius 3 is 2.51 bits per heavy atom. The first kappa shape index (κ1) is 26.4. The van der Waals surface area contributed by atoms with Gasteiger partial charge < -0.3 is 24.8 Å². The molecule has 3 heterocycles. The molecule has 1 atom stereocenters. The number of alkyl carbamates (subject to hydrolysis) is 1. The molecule has 1 fully saturated rings. The molecule has 0 spiro atoms. The van der Waals surface area contributed by atoms with Gasteiger partial charge in [0.05, 0.1) is 0 Å². The Balaban J connectivity index is 1.49. The molecule has 198 valence electrons. The maximum Gasteiger partial charge on any atom is 0.407 e. The number of amides is 2. The van der Waals surface area contributed by atoms with Gasteiger partial charge in [-0.25, -0.2) is 14.8 Å². The molecule has 4 rings (SSSR count). The zero-order chi connectivity index (χ0) is 26.7. The van der Waals surface area contributed by atoms with Gasteiger partial charge in [0.2, 0.25) is 5.95 Å². The van der Waals surface area contributed by atoms with Crippen LogP contribution in [0.5, 0.6) is 0 Å². The Bertz CT molecular complexity index is 1260. The molecule has 10 nitrogen and oxygen atoms in total. The van der Waals surface area contributed by atoms with Gasteiger partial charge in [-0.3, -0.25) is 4.79 Å². The lowest BCUT2D eigenvalue weighted by Gasteiger charge is -2.21. The van der Waals surface area contributed by atoms with E-state index in [1.54, 1.807) is 31.4 Å². The topological polar surface area (TPSA) is 114 Å². The lowest BCUT2D eigenvalue weighted by molar-refractivity contribution is 0.0525. The fourth-order valence-electron chi connectivity index (χ4n) is 4.55. The maximum atomic E-state index is 12.9. The predicted octanol–water partition coefficient (Wildman–Crippen LogP) is 5.02. The van der Waals surface area contributed by atoms with Crippen molar-refractivity contribution >= 4 is 34.8 Å². The molecule has 0 bridgehead atoms. The van der Waals surface area contributed by atoms with Gasteiger partial charge in [0.1, 0.15) is 22.8 Å². The number of rotatable bonds is 7. The molecule has 1 aliphatic rings. The van der Waals surface area contributed by atoms with E-state index in [0.29, 0.717) is 24.0 Å². The average Bonchev–Trinajstić information content (AvgIpc) is 3.49. The van der Waals surface area contributed by atoms with Crippen LogP contribution in [0.2, 0.25) is 0 Å². The number of hydrogen-bond donors (Lipinski definition) is 2. The molecule has 1 unspecified atom stereocenters. The molecular weight excluding hydrogens is 470 g/mol. The fraction of sp³-hybridized carbons (Fsp3) is 0.519. The van der Waals surface area contributed by atoms with Gasteiger partial charge in [-0.15, -0.1) is 0 Å². The van der Waals surface area contributed by atoms with Crippen LogP contribution in [0, 0.1) is 0 Å². The SMILES string of the molecule is CC(CNC(=O)OC(C)(C)C)c1ccc(Nc2ncc3cc(C(=O)N(C)C)n(C4CCCC4)c3n2)nc1. The number of carbonyl (C=O) groups excluding carboxylic acids is 2. The first-order chi connectivity index (χ1) is 17.5. The highest BCUT2D eigenvalue weighted by Gasteiger charge is 2.26. The molecule has 2 amide bonds. The number of hydrogen-bond acceptors (Lipinski definition) is 7. The molecule has 0 radical (unpaired) electrons. The van der Waals surface area contributed by atoms with Gasteiger partial charge in [-0.2, -0.15) is 4.98 Å². The number of ether oxygens (including phenoxy) is 1. The maximum absolute atomic E-state index is 12.9. The van der Waals surface area contributed by atoms with Crippen LogP contribution in [0.3, 0.4) is 0 Å². The number of anilines is 2. The van der Waals surface area contributed by atoms with Crippen LogP contribution in [0.15, 0.2) is 30.6 Å². The second-order valence-electron chi connectivity index (χ2n) is 10.9. The van der Waals surface area contributed by atoms with Crippen molar-refractivity contribution in [3.8, 4) is 0 Å². The van der Waals surface area contributed by atoms with Crippen molar-refractivity contribution in [2.45, 2.75) is 70.9 Å². The van der Waals surface area contributed by atoms with Crippen LogP contribution in [0.4, 0.5) is 16.6 Å². The normalized spacial score (nSPS) is 15.0. The molecule has 3 aromatic rings. The summed E-state index contributed by atoms with van der Waals surface area (Å²) in [6, 6.07) is 5.97. The van der Waals surface area contributed by atoms with Crippen molar-refractivity contribution in [3.05, 3.63) is 41.9 Å². The third kappa shape index (κ3) is 6.36. The number of aromatic nitrogens is 4. The average molecular weight is 508 g/mol. The number of nitrogens with zero attached hydrogens (tertiary/aromatic N) is 5. The van der Waals surface area contributed by atoms with E-state index >= 15 is 0 Å². The van der Waals surface area contributed by atoms with Gasteiger partial charge in [0.15, 0.2) is 0 Å². The van der Waals surface area contributed by atoms with Gasteiger partial charge in [0, 0.05) is 50.4 Å². The van der Waals surface area contributed by atoms with Crippen molar-refractivity contribution in [1.29, 1.82) is 0 Å². The van der Waals surface area contributed by atoms with Crippen LogP contribution in [0.25, 0.3) is 11.0 Å². The Kier molecular flexibility index (Phi) is 7.65. The van der Waals surface area contributed by atoms with Crippen LogP contribution in [-0.2, 0) is 4.74 Å². The van der Waals surface area contributed by atoms with E-state index in [0.717, 1.165) is 42.3 Å². The van der Waals surface area contributed by atoms with Crippen LogP contribution in [-0.4, -0.2) is 62.7 Å². The van der Waals surface area contributed by atoms with E-state index in [2.05, 4.69) is 25.2 Å². The molecule has 37 heavy (non-hydrogen) atoms. The lowest BCUT2D eigenvalue weighted by Crippen LogP contribution is -2.34. The van der Waals surface area contributed by atoms with E-state index in [9.17, 15) is 9.59 Å². The first-order valence-corrected chi connectivity index (χ1v) is 12.8. The van der Waals surface area contributed by atoms with E-state index < -0.39 is 11.7 Å². The Hall–Kier alpha value is -3.69. The summed E-state index contributed by atoms with van der Waals surface area (Å²) in [6.07, 6.45) is 7.47. The smallest absolute Gasteiger partial charge is 0.407 e. The van der Waals surface area contributed by atoms with Gasteiger partial charge in [0.25, 0.3) is 5.91 Å². The monoisotopic (exact) mass is 507 g/mol. The summed E-state index contributed by atoms with van der Waals surface area (Å²) in [6.45, 7) is 7.96. The fourth-order valence-corrected chi connectivity index (χ4v) is 4.55. The Morgan fingerprint density at radius 1 is 1.16 bits per heavy atom. The van der Waals surface area contributed by atoms with E-state index in [1.807, 2.05) is 45.9 Å². The summed E-state index contributed by atoms with van der Waals surface area (Å²) < 4.78 is 7.39. The standard InChI is InChI=1S/C27H37N7O3/c1-17(14-30-26(36)37-27(2,3)4)18-11-12-22(28-15-18)31-25-29-16-19-13-21(24(35)33(5)6)34(23(19)32-25)20-9-7-8-10-20/h11-13,15-17,20H,7-10,14H2,1-6H3,(H,30,36)(H,28,29,31,32). The minimum Gasteiger partial charge on any atom is -0.444 e. The number of carbonyl (C=O) groups is 2. The summed E-state index contributed by atoms with van der Waals surface area (Å²) in [4.78, 5) is 40.2. The highest BCUT2D eigenvalue weighted by molar-refractivity contribution is 5.97. The van der Waals surface area contributed by atoms with Crippen LogP contribution in [0.1, 0.15) is 81.4 Å². The Morgan fingerprint density at radius 2 is 1.89 bits per heavy atom. The number of fused-ring (bicyclic) bond motifs is 1. The summed E-state index contributed by atoms with van der Waals surface area (Å²) in [5.74, 6) is 1.06. The third-order valence-electron chi connectivity index (χ3n) is 6.44. The van der Waals surface area contributed by atoms with E-state index in [1.165, 1.54) is 0 Å². The third-order valence-corrected chi connectivity index (χ3v) is 6.44. The summed E-state index contributed by atoms with van der Waals surface area (Å²) >= 11 is 0. The molecule has 1 aliphatic carbocycles. The molecule has 0 saturated heterocycles. The largest absolute Gasteiger partial charge is 0.444 e. The first-order valence-electron chi connectivity index (χ1n) is 12.8. The zero-order valence-electron chi connectivity index (χ0n) is 22.5. The second kappa shape index (κ2) is 10.7. The summed E-state index contributed by atoms with van der Waals surface area (Å²) in [5, 5.41) is 6.83. The van der Waals surface area contributed by atoms with Crippen LogP contribution >= 0.6 is 0 Å². The van der Waals surface area contributed by atoms with Crippen molar-refractivity contribution in [1.82, 2.24) is 29.7 Å². The quantitative estimate of drug-likeness (QED) is 0.462. The van der Waals surface area contributed by atoms with Crippen molar-refractivity contribution in [2.75, 3.05) is 26.0 Å².